The first-order valence-electron chi connectivity index (χ1n) is 13.1. The summed E-state index contributed by atoms with van der Waals surface area (Å²) in [5, 5.41) is 0. The van der Waals surface area contributed by atoms with Gasteiger partial charge in [-0.2, -0.15) is 0 Å². The maximum Gasteiger partial charge on any atom is -0.00700 e. The third-order valence-electron chi connectivity index (χ3n) is 6.84. The fourth-order valence-electron chi connectivity index (χ4n) is 4.52. The van der Waals surface area contributed by atoms with Crippen molar-refractivity contribution in [3.63, 3.8) is 0 Å². The van der Waals surface area contributed by atoms with Crippen LogP contribution in [0.3, 0.4) is 0 Å². The van der Waals surface area contributed by atoms with Gasteiger partial charge < -0.3 is 0 Å². The summed E-state index contributed by atoms with van der Waals surface area (Å²) in [6.07, 6.45) is 7.59. The van der Waals surface area contributed by atoms with Crippen LogP contribution in [0.4, 0.5) is 0 Å². The van der Waals surface area contributed by atoms with Gasteiger partial charge >= 0.3 is 0 Å². The maximum absolute atomic E-state index is 2.35. The van der Waals surface area contributed by atoms with Crippen LogP contribution < -0.4 is 0 Å². The predicted molar refractivity (Wildman–Crippen MR) is 163 cm³/mol. The molecule has 0 saturated heterocycles. The standard InChI is InChI=1S/C34H40P2/c1-27-5-13-31(14-6-27)23-35(24-32-15-7-28(2)8-16-32)21-22-36(25-33-17-9-29(3)10-18-33)26-34-19-11-30(4)12-20-34/h5-20H,21-26H2,1-4H3. The summed E-state index contributed by atoms with van der Waals surface area (Å²) in [5.41, 5.74) is 11.4. The van der Waals surface area contributed by atoms with Crippen molar-refractivity contribution in [1.29, 1.82) is 0 Å². The molecular weight excluding hydrogens is 470 g/mol. The molecule has 0 nitrogen and oxygen atoms in total. The van der Waals surface area contributed by atoms with E-state index in [0.717, 1.165) is 0 Å². The molecule has 0 N–H and O–H groups in total. The second kappa shape index (κ2) is 13.3. The molecule has 0 spiro atoms. The lowest BCUT2D eigenvalue weighted by Gasteiger charge is -2.24. The molecule has 0 aromatic heterocycles. The number of hydrogen-bond acceptors (Lipinski definition) is 0. The Bertz CT molecular complexity index is 996. The van der Waals surface area contributed by atoms with Crippen molar-refractivity contribution in [2.75, 3.05) is 12.3 Å². The van der Waals surface area contributed by atoms with E-state index in [2.05, 4.69) is 125 Å². The Hall–Kier alpha value is -2.26. The van der Waals surface area contributed by atoms with Crippen LogP contribution in [0.1, 0.15) is 44.5 Å². The van der Waals surface area contributed by atoms with Gasteiger partial charge in [-0.15, -0.1) is 0 Å². The molecular formula is C34H40P2. The van der Waals surface area contributed by atoms with Gasteiger partial charge in [0.15, 0.2) is 0 Å². The van der Waals surface area contributed by atoms with E-state index in [4.69, 9.17) is 0 Å². The average molecular weight is 511 g/mol. The van der Waals surface area contributed by atoms with Crippen LogP contribution in [-0.2, 0) is 24.6 Å². The molecule has 0 unspecified atom stereocenters. The van der Waals surface area contributed by atoms with E-state index in [-0.39, 0.29) is 15.8 Å². The number of benzene rings is 4. The van der Waals surface area contributed by atoms with Gasteiger partial charge in [0.1, 0.15) is 0 Å². The minimum absolute atomic E-state index is 0.108. The molecule has 0 fully saturated rings. The summed E-state index contributed by atoms with van der Waals surface area (Å²) in [4.78, 5) is 0. The number of aryl methyl sites for hydroxylation is 4. The summed E-state index contributed by atoms with van der Waals surface area (Å²) >= 11 is 0. The van der Waals surface area contributed by atoms with E-state index < -0.39 is 0 Å². The zero-order valence-corrected chi connectivity index (χ0v) is 24.2. The van der Waals surface area contributed by atoms with Crippen LogP contribution in [0.15, 0.2) is 97.1 Å². The molecule has 0 aliphatic rings. The van der Waals surface area contributed by atoms with Crippen LogP contribution in [0, 0.1) is 27.7 Å². The van der Waals surface area contributed by atoms with Gasteiger partial charge in [0, 0.05) is 0 Å². The van der Waals surface area contributed by atoms with E-state index in [0.29, 0.717) is 0 Å². The minimum Gasteiger partial charge on any atom is -0.0974 e. The van der Waals surface area contributed by atoms with Gasteiger partial charge in [0.2, 0.25) is 0 Å². The highest BCUT2D eigenvalue weighted by molar-refractivity contribution is 7.60. The second-order valence-electron chi connectivity index (χ2n) is 10.4. The van der Waals surface area contributed by atoms with Gasteiger partial charge in [-0.3, -0.25) is 0 Å². The predicted octanol–water partition coefficient (Wildman–Crippen LogP) is 9.98. The normalized spacial score (nSPS) is 11.4. The quantitative estimate of drug-likeness (QED) is 0.176. The van der Waals surface area contributed by atoms with E-state index in [9.17, 15) is 0 Å². The summed E-state index contributed by atoms with van der Waals surface area (Å²) in [7, 11) is -0.217. The van der Waals surface area contributed by atoms with Crippen LogP contribution in [0.5, 0.6) is 0 Å². The van der Waals surface area contributed by atoms with E-state index in [1.807, 2.05) is 0 Å². The molecule has 4 aromatic carbocycles. The summed E-state index contributed by atoms with van der Waals surface area (Å²) in [6.45, 7) is 8.73. The molecule has 0 amide bonds. The molecule has 0 aliphatic heterocycles. The van der Waals surface area contributed by atoms with Crippen molar-refractivity contribution in [1.82, 2.24) is 0 Å². The highest BCUT2D eigenvalue weighted by Gasteiger charge is 2.16. The van der Waals surface area contributed by atoms with Gasteiger partial charge in [-0.05, 0) is 86.9 Å². The molecule has 4 aromatic rings. The zero-order chi connectivity index (χ0) is 25.3. The Morgan fingerprint density at radius 1 is 0.333 bits per heavy atom. The van der Waals surface area contributed by atoms with Crippen molar-refractivity contribution < 1.29 is 0 Å². The molecule has 186 valence electrons. The lowest BCUT2D eigenvalue weighted by Crippen LogP contribution is -2.01. The number of hydrogen-bond donors (Lipinski definition) is 0. The van der Waals surface area contributed by atoms with Crippen molar-refractivity contribution in [3.8, 4) is 0 Å². The Morgan fingerprint density at radius 2 is 0.528 bits per heavy atom. The third kappa shape index (κ3) is 8.69. The van der Waals surface area contributed by atoms with Crippen LogP contribution >= 0.6 is 15.8 Å². The first-order valence-corrected chi connectivity index (χ1v) is 16.9. The van der Waals surface area contributed by atoms with Crippen molar-refractivity contribution in [2.45, 2.75) is 52.3 Å². The molecule has 0 bridgehead atoms. The molecule has 0 radical (unpaired) electrons. The van der Waals surface area contributed by atoms with Crippen molar-refractivity contribution in [3.05, 3.63) is 142 Å². The average Bonchev–Trinajstić information content (AvgIpc) is 2.88. The summed E-state index contributed by atoms with van der Waals surface area (Å²) < 4.78 is 0. The van der Waals surface area contributed by atoms with E-state index in [1.54, 1.807) is 0 Å². The summed E-state index contributed by atoms with van der Waals surface area (Å²) in [5.74, 6) is 0. The largest absolute Gasteiger partial charge is 0.0974 e. The summed E-state index contributed by atoms with van der Waals surface area (Å²) in [6, 6.07) is 37.0. The van der Waals surface area contributed by atoms with Gasteiger partial charge in [0.25, 0.3) is 0 Å². The Balaban J connectivity index is 1.50. The lowest BCUT2D eigenvalue weighted by molar-refractivity contribution is 1.24. The Labute approximate surface area is 221 Å². The Kier molecular flexibility index (Phi) is 9.92. The smallest absolute Gasteiger partial charge is 0.00700 e. The van der Waals surface area contributed by atoms with E-state index in [1.165, 1.54) is 81.5 Å². The van der Waals surface area contributed by atoms with Gasteiger partial charge in [-0.25, -0.2) is 0 Å². The molecule has 0 atom stereocenters. The lowest BCUT2D eigenvalue weighted by atomic mass is 10.2. The molecule has 4 rings (SSSR count). The zero-order valence-electron chi connectivity index (χ0n) is 22.4. The van der Waals surface area contributed by atoms with Crippen LogP contribution in [-0.4, -0.2) is 12.3 Å². The molecule has 36 heavy (non-hydrogen) atoms. The SMILES string of the molecule is Cc1ccc(CP(CCP(Cc2ccc(C)cc2)Cc2ccc(C)cc2)Cc2ccc(C)cc2)cc1. The molecule has 0 saturated carbocycles. The van der Waals surface area contributed by atoms with Crippen molar-refractivity contribution >= 4 is 15.8 Å². The molecule has 2 heteroatoms. The molecule has 0 aliphatic carbocycles. The monoisotopic (exact) mass is 510 g/mol. The highest BCUT2D eigenvalue weighted by atomic mass is 31.1. The minimum atomic E-state index is -0.108. The topological polar surface area (TPSA) is 0 Å². The second-order valence-corrected chi connectivity index (χ2v) is 15.2. The fraction of sp³-hybridized carbons (Fsp3) is 0.294. The van der Waals surface area contributed by atoms with Crippen molar-refractivity contribution in [2.24, 2.45) is 0 Å². The van der Waals surface area contributed by atoms with Gasteiger partial charge in [0.05, 0.1) is 0 Å². The maximum atomic E-state index is 2.35. The van der Waals surface area contributed by atoms with E-state index >= 15 is 0 Å². The van der Waals surface area contributed by atoms with Gasteiger partial charge in [-0.1, -0.05) is 135 Å². The third-order valence-corrected chi connectivity index (χ3v) is 12.2. The first-order chi connectivity index (χ1) is 17.4. The Morgan fingerprint density at radius 3 is 0.722 bits per heavy atom. The van der Waals surface area contributed by atoms with Crippen LogP contribution in [0.25, 0.3) is 0 Å². The molecule has 0 heterocycles. The number of rotatable bonds is 11. The first kappa shape index (κ1) is 26.8. The fourth-order valence-corrected chi connectivity index (χ4v) is 10.5. The highest BCUT2D eigenvalue weighted by Crippen LogP contribution is 2.50. The van der Waals surface area contributed by atoms with Crippen LogP contribution in [0.2, 0.25) is 0 Å².